The number of unbranched alkanes of at least 4 members (excludes halogenated alkanes) is 7. The highest BCUT2D eigenvalue weighted by molar-refractivity contribution is 4.81. The van der Waals surface area contributed by atoms with E-state index in [1.165, 1.54) is 38.5 Å². The highest BCUT2D eigenvalue weighted by atomic mass is 16.4. The van der Waals surface area contributed by atoms with Gasteiger partial charge < -0.3 is 30.4 Å². The summed E-state index contributed by atoms with van der Waals surface area (Å²) in [5, 5.41) is 47.2. The first kappa shape index (κ1) is 22.8. The summed E-state index contributed by atoms with van der Waals surface area (Å²) in [6.07, 6.45) is 4.27. The van der Waals surface area contributed by atoms with Gasteiger partial charge in [-0.15, -0.1) is 0 Å². The van der Waals surface area contributed by atoms with Gasteiger partial charge in [0.1, 0.15) is 18.3 Å². The van der Waals surface area contributed by atoms with E-state index in [1.807, 2.05) is 11.9 Å². The van der Waals surface area contributed by atoms with E-state index in [1.54, 1.807) is 0 Å². The largest absolute Gasteiger partial charge is 0.394 e. The van der Waals surface area contributed by atoms with Gasteiger partial charge in [0, 0.05) is 6.54 Å². The van der Waals surface area contributed by atoms with Crippen molar-refractivity contribution >= 4 is 0 Å². The number of nitrogens with zero attached hydrogens (tertiary/aromatic N) is 1. The molecule has 0 bridgehead atoms. The highest BCUT2D eigenvalue weighted by Gasteiger charge is 2.30. The van der Waals surface area contributed by atoms with Crippen LogP contribution in [0.1, 0.15) is 58.3 Å². The summed E-state index contributed by atoms with van der Waals surface area (Å²) in [6.45, 7) is 2.59. The lowest BCUT2D eigenvalue weighted by Gasteiger charge is -2.28. The Hall–Kier alpha value is -0.240. The van der Waals surface area contributed by atoms with Gasteiger partial charge in [-0.05, 0) is 20.0 Å². The van der Waals surface area contributed by atoms with Crippen molar-refractivity contribution in [3.8, 4) is 0 Å². The molecule has 0 aromatic carbocycles. The van der Waals surface area contributed by atoms with Gasteiger partial charge in [0.05, 0.1) is 12.7 Å². The Kier molecular flexibility index (Phi) is 14.0. The molecule has 0 saturated carbocycles. The molecule has 0 saturated heterocycles. The zero-order valence-corrected chi connectivity index (χ0v) is 14.8. The van der Waals surface area contributed by atoms with E-state index in [4.69, 9.17) is 5.11 Å². The number of likely N-dealkylation sites (N-methyl/N-ethyl adjacent to an activating group) is 1. The van der Waals surface area contributed by atoms with Crippen LogP contribution in [0.5, 0.6) is 0 Å². The molecule has 4 atom stereocenters. The van der Waals surface area contributed by atoms with Crippen LogP contribution >= 0.6 is 0 Å². The quantitative estimate of drug-likeness (QED) is 0.279. The molecular formula is C17H37NO5. The lowest BCUT2D eigenvalue weighted by Crippen LogP contribution is -2.49. The summed E-state index contributed by atoms with van der Waals surface area (Å²) in [5.41, 5.74) is 0. The maximum atomic E-state index is 9.88. The zero-order chi connectivity index (χ0) is 17.7. The Balaban J connectivity index is 3.73. The summed E-state index contributed by atoms with van der Waals surface area (Å²) >= 11 is 0. The fraction of sp³-hybridized carbons (Fsp3) is 1.00. The Morgan fingerprint density at radius 1 is 0.739 bits per heavy atom. The van der Waals surface area contributed by atoms with Gasteiger partial charge in [0.15, 0.2) is 0 Å². The van der Waals surface area contributed by atoms with Crippen LogP contribution in [0.25, 0.3) is 0 Å². The molecule has 0 aliphatic carbocycles. The predicted octanol–water partition coefficient (Wildman–Crippen LogP) is 0.495. The van der Waals surface area contributed by atoms with Crippen LogP contribution in [0.4, 0.5) is 0 Å². The fourth-order valence-electron chi connectivity index (χ4n) is 2.60. The van der Waals surface area contributed by atoms with Crippen molar-refractivity contribution in [2.24, 2.45) is 0 Å². The average molecular weight is 335 g/mol. The normalized spacial score (nSPS) is 17.2. The molecule has 6 heteroatoms. The van der Waals surface area contributed by atoms with Crippen molar-refractivity contribution in [1.82, 2.24) is 4.90 Å². The van der Waals surface area contributed by atoms with Gasteiger partial charge >= 0.3 is 0 Å². The first-order chi connectivity index (χ1) is 10.9. The predicted molar refractivity (Wildman–Crippen MR) is 91.2 cm³/mol. The highest BCUT2D eigenvalue weighted by Crippen LogP contribution is 2.10. The second-order valence-electron chi connectivity index (χ2n) is 6.54. The van der Waals surface area contributed by atoms with Crippen LogP contribution in [-0.4, -0.2) is 81.6 Å². The molecule has 0 rings (SSSR count). The molecule has 23 heavy (non-hydrogen) atoms. The summed E-state index contributed by atoms with van der Waals surface area (Å²) in [7, 11) is 1.85. The van der Waals surface area contributed by atoms with Crippen molar-refractivity contribution in [2.45, 2.75) is 82.7 Å². The lowest BCUT2D eigenvalue weighted by molar-refractivity contribution is -0.118. The monoisotopic (exact) mass is 335 g/mol. The van der Waals surface area contributed by atoms with Crippen LogP contribution in [0.3, 0.4) is 0 Å². The maximum absolute atomic E-state index is 9.88. The van der Waals surface area contributed by atoms with Crippen molar-refractivity contribution in [3.63, 3.8) is 0 Å². The molecule has 0 aromatic rings. The van der Waals surface area contributed by atoms with E-state index in [9.17, 15) is 20.4 Å². The van der Waals surface area contributed by atoms with Crippen LogP contribution < -0.4 is 0 Å². The third-order valence-electron chi connectivity index (χ3n) is 4.22. The molecule has 5 N–H and O–H groups in total. The molecule has 140 valence electrons. The summed E-state index contributed by atoms with van der Waals surface area (Å²) < 4.78 is 0. The molecule has 0 unspecified atom stereocenters. The summed E-state index contributed by atoms with van der Waals surface area (Å²) in [5.74, 6) is 0. The minimum atomic E-state index is -1.55. The average Bonchev–Trinajstić information content (AvgIpc) is 2.54. The van der Waals surface area contributed by atoms with Crippen molar-refractivity contribution < 1.29 is 25.5 Å². The molecule has 0 spiro atoms. The minimum Gasteiger partial charge on any atom is -0.394 e. The lowest BCUT2D eigenvalue weighted by atomic mass is 10.0. The number of hydrogen-bond donors (Lipinski definition) is 5. The first-order valence-corrected chi connectivity index (χ1v) is 8.95. The molecular weight excluding hydrogens is 298 g/mol. The number of rotatable bonds is 15. The molecule has 0 aliphatic heterocycles. The Morgan fingerprint density at radius 2 is 1.22 bits per heavy atom. The van der Waals surface area contributed by atoms with Crippen LogP contribution in [0, 0.1) is 0 Å². The van der Waals surface area contributed by atoms with E-state index < -0.39 is 31.0 Å². The van der Waals surface area contributed by atoms with Crippen molar-refractivity contribution in [1.29, 1.82) is 0 Å². The number of aliphatic hydroxyl groups is 5. The topological polar surface area (TPSA) is 104 Å². The van der Waals surface area contributed by atoms with E-state index in [2.05, 4.69) is 6.92 Å². The van der Waals surface area contributed by atoms with Crippen LogP contribution in [-0.2, 0) is 0 Å². The van der Waals surface area contributed by atoms with E-state index >= 15 is 0 Å². The summed E-state index contributed by atoms with van der Waals surface area (Å²) in [4.78, 5) is 1.91. The minimum absolute atomic E-state index is 0.215. The number of aliphatic hydroxyl groups excluding tert-OH is 5. The van der Waals surface area contributed by atoms with Crippen molar-refractivity contribution in [3.05, 3.63) is 0 Å². The molecule has 0 aromatic heterocycles. The van der Waals surface area contributed by atoms with Gasteiger partial charge in [-0.2, -0.15) is 0 Å². The fourth-order valence-corrected chi connectivity index (χ4v) is 2.60. The third-order valence-corrected chi connectivity index (χ3v) is 4.22. The molecule has 0 radical (unpaired) electrons. The zero-order valence-electron chi connectivity index (χ0n) is 14.8. The van der Waals surface area contributed by atoms with E-state index in [0.717, 1.165) is 19.4 Å². The van der Waals surface area contributed by atoms with Gasteiger partial charge in [0.2, 0.25) is 0 Å². The van der Waals surface area contributed by atoms with Gasteiger partial charge in [0.25, 0.3) is 0 Å². The molecule has 6 nitrogen and oxygen atoms in total. The third kappa shape index (κ3) is 11.0. The second-order valence-corrected chi connectivity index (χ2v) is 6.54. The summed E-state index contributed by atoms with van der Waals surface area (Å²) in [6, 6.07) is 0. The SMILES string of the molecule is CCCCCCCCCCN(C)C[C@H](O)[C@@H](O)[C@H](O)[C@H](O)CO. The second kappa shape index (κ2) is 14.1. The van der Waals surface area contributed by atoms with Crippen molar-refractivity contribution in [2.75, 3.05) is 26.7 Å². The van der Waals surface area contributed by atoms with Gasteiger partial charge in [-0.25, -0.2) is 0 Å². The standard InChI is InChI=1S/C17H37NO5/c1-3-4-5-6-7-8-9-10-11-18(2)12-14(20)16(22)17(23)15(21)13-19/h14-17,19-23H,3-13H2,1-2H3/t14-,15+,16+,17+/m0/s1. The maximum Gasteiger partial charge on any atom is 0.111 e. The van der Waals surface area contributed by atoms with E-state index in [-0.39, 0.29) is 6.54 Å². The number of hydrogen-bond acceptors (Lipinski definition) is 6. The Labute approximate surface area is 140 Å². The van der Waals surface area contributed by atoms with Crippen LogP contribution in [0.15, 0.2) is 0 Å². The van der Waals surface area contributed by atoms with Gasteiger partial charge in [-0.3, -0.25) is 0 Å². The molecule has 0 heterocycles. The smallest absolute Gasteiger partial charge is 0.111 e. The molecule has 0 fully saturated rings. The van der Waals surface area contributed by atoms with Gasteiger partial charge in [-0.1, -0.05) is 51.9 Å². The van der Waals surface area contributed by atoms with Crippen LogP contribution in [0.2, 0.25) is 0 Å². The first-order valence-electron chi connectivity index (χ1n) is 8.95. The molecule has 0 amide bonds. The molecule has 0 aliphatic rings. The Morgan fingerprint density at radius 3 is 1.74 bits per heavy atom. The van der Waals surface area contributed by atoms with E-state index in [0.29, 0.717) is 0 Å². The Bertz CT molecular complexity index is 267.